The summed E-state index contributed by atoms with van der Waals surface area (Å²) >= 11 is 0. The molecule has 0 amide bonds. The molecule has 0 aromatic heterocycles. The Bertz CT molecular complexity index is 365. The molecule has 0 saturated heterocycles. The van der Waals surface area contributed by atoms with Crippen molar-refractivity contribution in [3.8, 4) is 24.2 Å². The van der Waals surface area contributed by atoms with Crippen LogP contribution in [0, 0.1) is 24.2 Å². The summed E-state index contributed by atoms with van der Waals surface area (Å²) in [6.07, 6.45) is 8.61. The van der Waals surface area contributed by atoms with E-state index in [1.807, 2.05) is 24.3 Å². The maximum atomic E-state index is 5.25. The summed E-state index contributed by atoms with van der Waals surface area (Å²) in [5.41, 5.74) is 1.95. The molecule has 0 bridgehead atoms. The van der Waals surface area contributed by atoms with Crippen LogP contribution in [0.5, 0.6) is 0 Å². The Morgan fingerprint density at radius 2 is 1.79 bits per heavy atom. The minimum atomic E-state index is 0.907. The predicted octanol–water partition coefficient (Wildman–Crippen LogP) is 3.21. The smallest absolute Gasteiger partial charge is 0.0246 e. The number of terminal acetylenes is 1. The van der Waals surface area contributed by atoms with Crippen LogP contribution in [0.2, 0.25) is 0 Å². The van der Waals surface area contributed by atoms with Gasteiger partial charge in [0.1, 0.15) is 0 Å². The summed E-state index contributed by atoms with van der Waals surface area (Å²) < 4.78 is 0. The maximum absolute atomic E-state index is 5.25. The van der Waals surface area contributed by atoms with Crippen LogP contribution in [-0.2, 0) is 0 Å². The molecule has 0 aliphatic heterocycles. The van der Waals surface area contributed by atoms with E-state index in [1.165, 1.54) is 12.8 Å². The number of rotatable bonds is 2. The highest BCUT2D eigenvalue weighted by Crippen LogP contribution is 2.01. The van der Waals surface area contributed by atoms with Crippen LogP contribution in [0.3, 0.4) is 0 Å². The first-order valence-corrected chi connectivity index (χ1v) is 4.92. The number of unbranched alkanes of at least 4 members (excludes halogenated alkanes) is 2. The molecule has 70 valence electrons. The predicted molar refractivity (Wildman–Crippen MR) is 60.8 cm³/mol. The number of hydrogen-bond donors (Lipinski definition) is 0. The fourth-order valence-corrected chi connectivity index (χ4v) is 1.08. The van der Waals surface area contributed by atoms with Crippen molar-refractivity contribution in [3.63, 3.8) is 0 Å². The Morgan fingerprint density at radius 1 is 1.14 bits per heavy atom. The second kappa shape index (κ2) is 5.90. The normalized spacial score (nSPS) is 8.57. The van der Waals surface area contributed by atoms with E-state index in [2.05, 4.69) is 24.7 Å². The summed E-state index contributed by atoms with van der Waals surface area (Å²) in [5.74, 6) is 8.83. The van der Waals surface area contributed by atoms with Gasteiger partial charge in [0.25, 0.3) is 0 Å². The van der Waals surface area contributed by atoms with Crippen LogP contribution in [0.1, 0.15) is 37.3 Å². The third-order valence-electron chi connectivity index (χ3n) is 1.94. The lowest BCUT2D eigenvalue weighted by Gasteiger charge is -1.91. The van der Waals surface area contributed by atoms with Crippen molar-refractivity contribution in [1.82, 2.24) is 0 Å². The first kappa shape index (κ1) is 10.4. The van der Waals surface area contributed by atoms with Crippen molar-refractivity contribution in [1.29, 1.82) is 0 Å². The van der Waals surface area contributed by atoms with Gasteiger partial charge < -0.3 is 0 Å². The Labute approximate surface area is 86.3 Å². The van der Waals surface area contributed by atoms with Crippen molar-refractivity contribution < 1.29 is 0 Å². The Kier molecular flexibility index (Phi) is 4.39. The van der Waals surface area contributed by atoms with E-state index >= 15 is 0 Å². The summed E-state index contributed by atoms with van der Waals surface area (Å²) in [6, 6.07) is 7.77. The highest BCUT2D eigenvalue weighted by atomic mass is 13.9. The lowest BCUT2D eigenvalue weighted by Crippen LogP contribution is -1.76. The van der Waals surface area contributed by atoms with Gasteiger partial charge in [-0.05, 0) is 30.7 Å². The first-order valence-electron chi connectivity index (χ1n) is 4.92. The number of benzene rings is 1. The zero-order chi connectivity index (χ0) is 10.2. The second-order valence-corrected chi connectivity index (χ2v) is 3.13. The Balaban J connectivity index is 2.59. The molecule has 0 heteroatoms. The summed E-state index contributed by atoms with van der Waals surface area (Å²) in [5, 5.41) is 0. The molecule has 0 nitrogen and oxygen atoms in total. The quantitative estimate of drug-likeness (QED) is 0.486. The van der Waals surface area contributed by atoms with Gasteiger partial charge in [-0.25, -0.2) is 0 Å². The molecule has 0 aliphatic rings. The van der Waals surface area contributed by atoms with Crippen LogP contribution in [0.15, 0.2) is 24.3 Å². The first-order chi connectivity index (χ1) is 6.86. The zero-order valence-electron chi connectivity index (χ0n) is 8.51. The largest absolute Gasteiger partial charge is 0.115 e. The summed E-state index contributed by atoms with van der Waals surface area (Å²) in [4.78, 5) is 0. The lowest BCUT2D eigenvalue weighted by atomic mass is 10.1. The molecular weight excluding hydrogens is 168 g/mol. The highest BCUT2D eigenvalue weighted by Gasteiger charge is 1.86. The SMILES string of the molecule is C#Cc1ccc(C#CCCCC)cc1. The van der Waals surface area contributed by atoms with E-state index in [4.69, 9.17) is 6.42 Å². The number of hydrogen-bond acceptors (Lipinski definition) is 0. The minimum Gasteiger partial charge on any atom is -0.115 e. The third kappa shape index (κ3) is 3.38. The van der Waals surface area contributed by atoms with Crippen LogP contribution >= 0.6 is 0 Å². The Morgan fingerprint density at radius 3 is 2.36 bits per heavy atom. The summed E-state index contributed by atoms with van der Waals surface area (Å²) in [7, 11) is 0. The van der Waals surface area contributed by atoms with Gasteiger partial charge in [-0.2, -0.15) is 0 Å². The maximum Gasteiger partial charge on any atom is 0.0246 e. The van der Waals surface area contributed by atoms with Crippen molar-refractivity contribution in [3.05, 3.63) is 35.4 Å². The van der Waals surface area contributed by atoms with Crippen LogP contribution in [0.4, 0.5) is 0 Å². The van der Waals surface area contributed by atoms with Gasteiger partial charge in [0, 0.05) is 17.5 Å². The summed E-state index contributed by atoms with van der Waals surface area (Å²) in [6.45, 7) is 2.17. The van der Waals surface area contributed by atoms with Crippen molar-refractivity contribution in [2.24, 2.45) is 0 Å². The standard InChI is InChI=1S/C14H14/c1-3-5-6-7-8-14-11-9-13(4-2)10-12-14/h2,9-12H,3,5-6H2,1H3. The fraction of sp³-hybridized carbons (Fsp3) is 0.286. The van der Waals surface area contributed by atoms with E-state index in [0.717, 1.165) is 17.5 Å². The molecule has 14 heavy (non-hydrogen) atoms. The van der Waals surface area contributed by atoms with Crippen molar-refractivity contribution in [2.75, 3.05) is 0 Å². The molecule has 0 radical (unpaired) electrons. The van der Waals surface area contributed by atoms with Gasteiger partial charge in [-0.3, -0.25) is 0 Å². The van der Waals surface area contributed by atoms with E-state index < -0.39 is 0 Å². The molecule has 1 aromatic carbocycles. The minimum absolute atomic E-state index is 0.907. The highest BCUT2D eigenvalue weighted by molar-refractivity contribution is 5.40. The van der Waals surface area contributed by atoms with E-state index in [0.29, 0.717) is 0 Å². The topological polar surface area (TPSA) is 0 Å². The molecule has 0 atom stereocenters. The fourth-order valence-electron chi connectivity index (χ4n) is 1.08. The molecule has 0 heterocycles. The van der Waals surface area contributed by atoms with Gasteiger partial charge in [-0.1, -0.05) is 31.1 Å². The van der Waals surface area contributed by atoms with E-state index in [9.17, 15) is 0 Å². The van der Waals surface area contributed by atoms with Gasteiger partial charge in [0.05, 0.1) is 0 Å². The lowest BCUT2D eigenvalue weighted by molar-refractivity contribution is 0.828. The molecule has 0 spiro atoms. The van der Waals surface area contributed by atoms with Crippen molar-refractivity contribution >= 4 is 0 Å². The molecule has 0 saturated carbocycles. The monoisotopic (exact) mass is 182 g/mol. The van der Waals surface area contributed by atoms with Crippen molar-refractivity contribution in [2.45, 2.75) is 26.2 Å². The molecule has 1 rings (SSSR count). The van der Waals surface area contributed by atoms with Gasteiger partial charge in [0.2, 0.25) is 0 Å². The van der Waals surface area contributed by atoms with Gasteiger partial charge >= 0.3 is 0 Å². The third-order valence-corrected chi connectivity index (χ3v) is 1.94. The van der Waals surface area contributed by atoms with Crippen LogP contribution < -0.4 is 0 Å². The molecule has 0 N–H and O–H groups in total. The second-order valence-electron chi connectivity index (χ2n) is 3.13. The van der Waals surface area contributed by atoms with E-state index in [1.54, 1.807) is 0 Å². The average Bonchev–Trinajstić information content (AvgIpc) is 2.25. The average molecular weight is 182 g/mol. The molecule has 0 aliphatic carbocycles. The molecule has 0 unspecified atom stereocenters. The zero-order valence-corrected chi connectivity index (χ0v) is 8.51. The van der Waals surface area contributed by atoms with Crippen LogP contribution in [0.25, 0.3) is 0 Å². The molecule has 0 fully saturated rings. The van der Waals surface area contributed by atoms with E-state index in [-0.39, 0.29) is 0 Å². The van der Waals surface area contributed by atoms with Gasteiger partial charge in [-0.15, -0.1) is 6.42 Å². The van der Waals surface area contributed by atoms with Crippen LogP contribution in [-0.4, -0.2) is 0 Å². The molecular formula is C14H14. The molecule has 1 aromatic rings. The Hall–Kier alpha value is -1.66. The van der Waals surface area contributed by atoms with Gasteiger partial charge in [0.15, 0.2) is 0 Å².